The summed E-state index contributed by atoms with van der Waals surface area (Å²) in [6.45, 7) is 1.62. The van der Waals surface area contributed by atoms with Gasteiger partial charge in [0.2, 0.25) is 0 Å². The van der Waals surface area contributed by atoms with Crippen LogP contribution in [0.1, 0.15) is 38.5 Å². The molecule has 0 spiro atoms. The average molecular weight is 199 g/mol. The first kappa shape index (κ1) is 10.4. The van der Waals surface area contributed by atoms with Gasteiger partial charge in [-0.25, -0.2) is 0 Å². The molecule has 3 unspecified atom stereocenters. The Morgan fingerprint density at radius 1 is 1.07 bits per heavy atom. The van der Waals surface area contributed by atoms with E-state index in [0.29, 0.717) is 6.10 Å². The van der Waals surface area contributed by atoms with E-state index in [2.05, 4.69) is 0 Å². The third-order valence-corrected chi connectivity index (χ3v) is 3.26. The highest BCUT2D eigenvalue weighted by molar-refractivity contribution is 4.79. The molecule has 0 amide bonds. The zero-order valence-electron chi connectivity index (χ0n) is 8.78. The molecule has 3 nitrogen and oxygen atoms in total. The molecule has 2 rings (SSSR count). The first-order chi connectivity index (χ1) is 6.86. The maximum atomic E-state index is 6.09. The molecular weight excluding hydrogens is 178 g/mol. The van der Waals surface area contributed by atoms with E-state index < -0.39 is 0 Å². The van der Waals surface area contributed by atoms with Crippen LogP contribution in [0.2, 0.25) is 0 Å². The zero-order chi connectivity index (χ0) is 9.80. The van der Waals surface area contributed by atoms with Crippen LogP contribution in [0.25, 0.3) is 0 Å². The molecule has 0 aromatic heterocycles. The molecule has 14 heavy (non-hydrogen) atoms. The van der Waals surface area contributed by atoms with Crippen molar-refractivity contribution in [3.63, 3.8) is 0 Å². The Hall–Kier alpha value is -0.120. The third-order valence-electron chi connectivity index (χ3n) is 3.26. The van der Waals surface area contributed by atoms with Gasteiger partial charge in [0.1, 0.15) is 0 Å². The van der Waals surface area contributed by atoms with Crippen molar-refractivity contribution in [2.24, 2.45) is 5.73 Å². The van der Waals surface area contributed by atoms with E-state index in [-0.39, 0.29) is 12.1 Å². The molecule has 3 heteroatoms. The standard InChI is InChI=1S/C11H21NO2/c12-10-4-2-1-3-5-11(10)14-9-6-7-13-8-9/h9-11H,1-8,12H2. The minimum Gasteiger partial charge on any atom is -0.379 e. The number of hydrogen-bond acceptors (Lipinski definition) is 3. The Kier molecular flexibility index (Phi) is 3.79. The van der Waals surface area contributed by atoms with Crippen LogP contribution in [0.4, 0.5) is 0 Å². The molecule has 0 radical (unpaired) electrons. The summed E-state index contributed by atoms with van der Waals surface area (Å²) >= 11 is 0. The second-order valence-electron chi connectivity index (χ2n) is 4.46. The Bertz CT molecular complexity index is 169. The SMILES string of the molecule is NC1CCCCCC1OC1CCOC1. The van der Waals surface area contributed by atoms with Crippen molar-refractivity contribution in [1.82, 2.24) is 0 Å². The fraction of sp³-hybridized carbons (Fsp3) is 1.00. The van der Waals surface area contributed by atoms with Gasteiger partial charge in [0.15, 0.2) is 0 Å². The molecule has 1 saturated carbocycles. The third kappa shape index (κ3) is 2.69. The van der Waals surface area contributed by atoms with Crippen LogP contribution in [-0.2, 0) is 9.47 Å². The van der Waals surface area contributed by atoms with Gasteiger partial charge < -0.3 is 15.2 Å². The summed E-state index contributed by atoms with van der Waals surface area (Å²) in [4.78, 5) is 0. The van der Waals surface area contributed by atoms with Crippen LogP contribution in [0.3, 0.4) is 0 Å². The molecule has 0 aromatic carbocycles. The average Bonchev–Trinajstić information content (AvgIpc) is 2.60. The van der Waals surface area contributed by atoms with Crippen LogP contribution in [0.15, 0.2) is 0 Å². The zero-order valence-corrected chi connectivity index (χ0v) is 8.78. The van der Waals surface area contributed by atoms with Crippen LogP contribution >= 0.6 is 0 Å². The van der Waals surface area contributed by atoms with Crippen molar-refractivity contribution in [1.29, 1.82) is 0 Å². The highest BCUT2D eigenvalue weighted by atomic mass is 16.6. The van der Waals surface area contributed by atoms with Crippen molar-refractivity contribution in [3.8, 4) is 0 Å². The molecule has 2 fully saturated rings. The van der Waals surface area contributed by atoms with Gasteiger partial charge in [0.25, 0.3) is 0 Å². The molecule has 2 aliphatic rings. The number of nitrogens with two attached hydrogens (primary N) is 1. The summed E-state index contributed by atoms with van der Waals surface area (Å²) in [5, 5.41) is 0. The summed E-state index contributed by atoms with van der Waals surface area (Å²) in [7, 11) is 0. The van der Waals surface area contributed by atoms with Crippen molar-refractivity contribution < 1.29 is 9.47 Å². The molecule has 1 aliphatic carbocycles. The fourth-order valence-corrected chi connectivity index (χ4v) is 2.34. The van der Waals surface area contributed by atoms with Gasteiger partial charge in [0.05, 0.1) is 18.8 Å². The minimum absolute atomic E-state index is 0.248. The fourth-order valence-electron chi connectivity index (χ4n) is 2.34. The lowest BCUT2D eigenvalue weighted by molar-refractivity contribution is -0.0304. The quantitative estimate of drug-likeness (QED) is 0.685. The van der Waals surface area contributed by atoms with E-state index in [1.807, 2.05) is 0 Å². The van der Waals surface area contributed by atoms with Gasteiger partial charge in [-0.05, 0) is 19.3 Å². The van der Waals surface area contributed by atoms with E-state index in [1.54, 1.807) is 0 Å². The van der Waals surface area contributed by atoms with Gasteiger partial charge >= 0.3 is 0 Å². The van der Waals surface area contributed by atoms with Crippen LogP contribution in [-0.4, -0.2) is 31.5 Å². The monoisotopic (exact) mass is 199 g/mol. The number of ether oxygens (including phenoxy) is 2. The lowest BCUT2D eigenvalue weighted by Crippen LogP contribution is -2.38. The topological polar surface area (TPSA) is 44.5 Å². The first-order valence-electron chi connectivity index (χ1n) is 5.85. The molecule has 1 saturated heterocycles. The number of hydrogen-bond donors (Lipinski definition) is 1. The van der Waals surface area contributed by atoms with E-state index in [9.17, 15) is 0 Å². The van der Waals surface area contributed by atoms with Gasteiger partial charge in [-0.15, -0.1) is 0 Å². The van der Waals surface area contributed by atoms with E-state index in [0.717, 1.165) is 32.5 Å². The minimum atomic E-state index is 0.248. The van der Waals surface area contributed by atoms with Gasteiger partial charge in [-0.2, -0.15) is 0 Å². The highest BCUT2D eigenvalue weighted by Gasteiger charge is 2.26. The lowest BCUT2D eigenvalue weighted by Gasteiger charge is -2.24. The molecule has 1 aliphatic heterocycles. The second kappa shape index (κ2) is 5.10. The predicted octanol–water partition coefficient (Wildman–Crippen LogP) is 1.45. The lowest BCUT2D eigenvalue weighted by atomic mass is 10.1. The predicted molar refractivity (Wildman–Crippen MR) is 55.2 cm³/mol. The summed E-state index contributed by atoms with van der Waals surface area (Å²) in [5.41, 5.74) is 6.09. The molecule has 0 bridgehead atoms. The smallest absolute Gasteiger partial charge is 0.0834 e. The number of rotatable bonds is 2. The van der Waals surface area contributed by atoms with E-state index in [4.69, 9.17) is 15.2 Å². The van der Waals surface area contributed by atoms with E-state index >= 15 is 0 Å². The summed E-state index contributed by atoms with van der Waals surface area (Å²) in [5.74, 6) is 0. The summed E-state index contributed by atoms with van der Waals surface area (Å²) in [6.07, 6.45) is 7.75. The molecule has 2 N–H and O–H groups in total. The highest BCUT2D eigenvalue weighted by Crippen LogP contribution is 2.22. The summed E-state index contributed by atoms with van der Waals surface area (Å²) in [6, 6.07) is 0.248. The van der Waals surface area contributed by atoms with Crippen molar-refractivity contribution in [3.05, 3.63) is 0 Å². The largest absolute Gasteiger partial charge is 0.379 e. The second-order valence-corrected chi connectivity index (χ2v) is 4.46. The van der Waals surface area contributed by atoms with E-state index in [1.165, 1.54) is 19.3 Å². The Labute approximate surface area is 85.9 Å². The van der Waals surface area contributed by atoms with Crippen molar-refractivity contribution >= 4 is 0 Å². The summed E-state index contributed by atoms with van der Waals surface area (Å²) < 4.78 is 11.3. The van der Waals surface area contributed by atoms with Crippen LogP contribution < -0.4 is 5.73 Å². The Balaban J connectivity index is 1.81. The van der Waals surface area contributed by atoms with Crippen molar-refractivity contribution in [2.45, 2.75) is 56.8 Å². The van der Waals surface area contributed by atoms with Crippen LogP contribution in [0, 0.1) is 0 Å². The first-order valence-corrected chi connectivity index (χ1v) is 5.85. The Morgan fingerprint density at radius 3 is 2.71 bits per heavy atom. The van der Waals surface area contributed by atoms with Gasteiger partial charge in [-0.3, -0.25) is 0 Å². The molecular formula is C11H21NO2. The molecule has 82 valence electrons. The molecule has 1 heterocycles. The maximum absolute atomic E-state index is 6.09. The van der Waals surface area contributed by atoms with Gasteiger partial charge in [0, 0.05) is 12.6 Å². The maximum Gasteiger partial charge on any atom is 0.0834 e. The van der Waals surface area contributed by atoms with Crippen LogP contribution in [0.5, 0.6) is 0 Å². The van der Waals surface area contributed by atoms with Crippen molar-refractivity contribution in [2.75, 3.05) is 13.2 Å². The normalized spacial score (nSPS) is 39.6. The van der Waals surface area contributed by atoms with Gasteiger partial charge in [-0.1, -0.05) is 19.3 Å². The molecule has 3 atom stereocenters. The molecule has 0 aromatic rings. The Morgan fingerprint density at radius 2 is 1.93 bits per heavy atom.